The molecule has 0 unspecified atom stereocenters. The average molecular weight is 282 g/mol. The Bertz CT molecular complexity index is 502. The van der Waals surface area contributed by atoms with Crippen molar-refractivity contribution in [1.82, 2.24) is 14.7 Å². The molecular weight excluding hydrogens is 260 g/mol. The second kappa shape index (κ2) is 5.41. The predicted molar refractivity (Wildman–Crippen MR) is 73.8 cm³/mol. The molecule has 112 valence electrons. The molecule has 1 fully saturated rings. The summed E-state index contributed by atoms with van der Waals surface area (Å²) in [6.07, 6.45) is -0.0622. The quantitative estimate of drug-likeness (QED) is 0.694. The zero-order valence-corrected chi connectivity index (χ0v) is 11.9. The maximum absolute atomic E-state index is 12.2. The average Bonchev–Trinajstić information content (AvgIpc) is 2.71. The number of carbonyl (C=O) groups is 1. The van der Waals surface area contributed by atoms with Crippen molar-refractivity contribution in [3.63, 3.8) is 0 Å². The number of β-amino-alcohol motifs (C(OH)–C–C–N with tert-alkyl or cyclic N) is 1. The van der Waals surface area contributed by atoms with Gasteiger partial charge in [-0.15, -0.1) is 0 Å². The molecule has 0 bridgehead atoms. The second-order valence-electron chi connectivity index (χ2n) is 5.43. The highest BCUT2D eigenvalue weighted by atomic mass is 16.3. The molecule has 2 atom stereocenters. The van der Waals surface area contributed by atoms with Gasteiger partial charge in [0.25, 0.3) is 0 Å². The van der Waals surface area contributed by atoms with E-state index in [0.29, 0.717) is 25.2 Å². The van der Waals surface area contributed by atoms with Crippen LogP contribution in [-0.4, -0.2) is 55.6 Å². The number of aliphatic hydroxyl groups is 2. The third-order valence-corrected chi connectivity index (χ3v) is 4.01. The summed E-state index contributed by atoms with van der Waals surface area (Å²) in [5, 5.41) is 24.3. The monoisotopic (exact) mass is 282 g/mol. The molecule has 0 spiro atoms. The van der Waals surface area contributed by atoms with Crippen molar-refractivity contribution in [2.45, 2.75) is 44.9 Å². The van der Waals surface area contributed by atoms with Crippen molar-refractivity contribution in [3.8, 4) is 0 Å². The number of hydrogen-bond acceptors (Lipinski definition) is 5. The fraction of sp³-hybridized carbons (Fsp3) is 0.692. The number of amides is 1. The van der Waals surface area contributed by atoms with E-state index < -0.39 is 11.7 Å². The van der Waals surface area contributed by atoms with Crippen molar-refractivity contribution >= 4 is 11.7 Å². The van der Waals surface area contributed by atoms with E-state index in [-0.39, 0.29) is 19.0 Å². The molecule has 0 radical (unpaired) electrons. The Morgan fingerprint density at radius 3 is 2.85 bits per heavy atom. The molecule has 7 heteroatoms. The molecule has 0 aromatic carbocycles. The number of nitrogens with two attached hydrogens (primary N) is 1. The molecular formula is C13H22N4O3. The minimum atomic E-state index is -1.09. The molecule has 4 N–H and O–H groups in total. The number of likely N-dealkylation sites (tertiary alicyclic amines) is 1. The summed E-state index contributed by atoms with van der Waals surface area (Å²) in [6, 6.07) is 1.70. The van der Waals surface area contributed by atoms with Crippen LogP contribution in [0.5, 0.6) is 0 Å². The summed E-state index contributed by atoms with van der Waals surface area (Å²) >= 11 is 0. The van der Waals surface area contributed by atoms with E-state index in [4.69, 9.17) is 5.73 Å². The summed E-state index contributed by atoms with van der Waals surface area (Å²) in [5.74, 6) is 0.287. The summed E-state index contributed by atoms with van der Waals surface area (Å²) in [7, 11) is 0. The third-order valence-electron chi connectivity index (χ3n) is 4.01. The first-order valence-electron chi connectivity index (χ1n) is 6.84. The lowest BCUT2D eigenvalue weighted by Crippen LogP contribution is -2.56. The van der Waals surface area contributed by atoms with E-state index >= 15 is 0 Å². The third kappa shape index (κ3) is 2.78. The van der Waals surface area contributed by atoms with Crippen molar-refractivity contribution in [1.29, 1.82) is 0 Å². The largest absolute Gasteiger partial charge is 0.388 e. The lowest BCUT2D eigenvalue weighted by molar-refractivity contribution is -0.150. The van der Waals surface area contributed by atoms with Crippen LogP contribution in [0, 0.1) is 6.92 Å². The van der Waals surface area contributed by atoms with Gasteiger partial charge in [-0.05, 0) is 19.8 Å². The highest BCUT2D eigenvalue weighted by Gasteiger charge is 2.40. The van der Waals surface area contributed by atoms with Crippen LogP contribution in [0.15, 0.2) is 6.07 Å². The molecule has 1 saturated heterocycles. The minimum absolute atomic E-state index is 0.0525. The van der Waals surface area contributed by atoms with E-state index in [9.17, 15) is 15.0 Å². The van der Waals surface area contributed by atoms with Crippen LogP contribution in [0.3, 0.4) is 0 Å². The lowest BCUT2D eigenvalue weighted by atomic mass is 9.86. The Kier molecular flexibility index (Phi) is 4.01. The van der Waals surface area contributed by atoms with Gasteiger partial charge in [-0.1, -0.05) is 6.92 Å². The SMILES string of the molecule is CC[C@@]1(O)CCN(C(=O)Cn2nc(C)cc2N)C[C@H]1O. The molecule has 1 aromatic heterocycles. The van der Waals surface area contributed by atoms with E-state index in [1.165, 1.54) is 4.68 Å². The first kappa shape index (κ1) is 14.8. The maximum Gasteiger partial charge on any atom is 0.244 e. The molecule has 1 aromatic rings. The van der Waals surface area contributed by atoms with Gasteiger partial charge in [-0.25, -0.2) is 4.68 Å². The van der Waals surface area contributed by atoms with Gasteiger partial charge in [0.1, 0.15) is 18.5 Å². The molecule has 2 rings (SSSR count). The molecule has 20 heavy (non-hydrogen) atoms. The van der Waals surface area contributed by atoms with Gasteiger partial charge in [-0.3, -0.25) is 4.79 Å². The lowest BCUT2D eigenvalue weighted by Gasteiger charge is -2.41. The van der Waals surface area contributed by atoms with Crippen LogP contribution in [0.1, 0.15) is 25.5 Å². The van der Waals surface area contributed by atoms with E-state index in [1.807, 2.05) is 13.8 Å². The first-order chi connectivity index (χ1) is 9.35. The van der Waals surface area contributed by atoms with Gasteiger partial charge in [0.05, 0.1) is 11.3 Å². The van der Waals surface area contributed by atoms with Crippen LogP contribution in [0.2, 0.25) is 0 Å². The van der Waals surface area contributed by atoms with Crippen molar-refractivity contribution in [2.24, 2.45) is 0 Å². The summed E-state index contributed by atoms with van der Waals surface area (Å²) in [4.78, 5) is 13.7. The van der Waals surface area contributed by atoms with Gasteiger partial charge in [0.2, 0.25) is 5.91 Å². The van der Waals surface area contributed by atoms with Crippen LogP contribution in [-0.2, 0) is 11.3 Å². The predicted octanol–water partition coefficient (Wildman–Crippen LogP) is -0.492. The smallest absolute Gasteiger partial charge is 0.244 e. The van der Waals surface area contributed by atoms with Gasteiger partial charge in [-0.2, -0.15) is 5.10 Å². The molecule has 0 aliphatic carbocycles. The number of hydrogen-bond donors (Lipinski definition) is 3. The van der Waals surface area contributed by atoms with Gasteiger partial charge in [0.15, 0.2) is 0 Å². The van der Waals surface area contributed by atoms with Crippen LogP contribution in [0.4, 0.5) is 5.82 Å². The summed E-state index contributed by atoms with van der Waals surface area (Å²) in [5.41, 5.74) is 5.42. The molecule has 1 amide bonds. The number of nitrogens with zero attached hydrogens (tertiary/aromatic N) is 3. The Morgan fingerprint density at radius 2 is 2.35 bits per heavy atom. The number of aliphatic hydroxyl groups excluding tert-OH is 1. The maximum atomic E-state index is 12.2. The molecule has 2 heterocycles. The molecule has 0 saturated carbocycles. The Morgan fingerprint density at radius 1 is 1.65 bits per heavy atom. The first-order valence-corrected chi connectivity index (χ1v) is 6.84. The van der Waals surface area contributed by atoms with Gasteiger partial charge >= 0.3 is 0 Å². The number of rotatable bonds is 3. The second-order valence-corrected chi connectivity index (χ2v) is 5.43. The van der Waals surface area contributed by atoms with E-state index in [1.54, 1.807) is 11.0 Å². The van der Waals surface area contributed by atoms with Crippen molar-refractivity contribution in [2.75, 3.05) is 18.8 Å². The fourth-order valence-electron chi connectivity index (χ4n) is 2.52. The standard InChI is InChI=1S/C13H22N4O3/c1-3-13(20)4-5-16(7-10(13)18)12(19)8-17-11(14)6-9(2)15-17/h6,10,18,20H,3-5,7-8,14H2,1-2H3/t10-,13-/m1/s1. The normalized spacial score (nSPS) is 26.8. The number of anilines is 1. The molecule has 7 nitrogen and oxygen atoms in total. The zero-order valence-electron chi connectivity index (χ0n) is 11.9. The fourth-order valence-corrected chi connectivity index (χ4v) is 2.52. The Labute approximate surface area is 118 Å². The topological polar surface area (TPSA) is 105 Å². The zero-order chi connectivity index (χ0) is 14.9. The minimum Gasteiger partial charge on any atom is -0.388 e. The molecule has 1 aliphatic heterocycles. The number of aryl methyl sites for hydroxylation is 1. The van der Waals surface area contributed by atoms with Gasteiger partial charge < -0.3 is 20.8 Å². The van der Waals surface area contributed by atoms with Crippen LogP contribution in [0.25, 0.3) is 0 Å². The van der Waals surface area contributed by atoms with Crippen LogP contribution >= 0.6 is 0 Å². The molecule has 1 aliphatic rings. The Hall–Kier alpha value is -1.60. The van der Waals surface area contributed by atoms with Gasteiger partial charge in [0, 0.05) is 19.2 Å². The van der Waals surface area contributed by atoms with E-state index in [0.717, 1.165) is 5.69 Å². The van der Waals surface area contributed by atoms with E-state index in [2.05, 4.69) is 5.10 Å². The number of carbonyl (C=O) groups excluding carboxylic acids is 1. The number of aromatic nitrogens is 2. The highest BCUT2D eigenvalue weighted by Crippen LogP contribution is 2.26. The number of nitrogen functional groups attached to an aromatic ring is 1. The van der Waals surface area contributed by atoms with Crippen molar-refractivity contribution in [3.05, 3.63) is 11.8 Å². The van der Waals surface area contributed by atoms with Crippen LogP contribution < -0.4 is 5.73 Å². The summed E-state index contributed by atoms with van der Waals surface area (Å²) in [6.45, 7) is 4.26. The Balaban J connectivity index is 1.99. The highest BCUT2D eigenvalue weighted by molar-refractivity contribution is 5.76. The number of piperidine rings is 1. The summed E-state index contributed by atoms with van der Waals surface area (Å²) < 4.78 is 1.45. The van der Waals surface area contributed by atoms with Crippen molar-refractivity contribution < 1.29 is 15.0 Å².